The zero-order valence-corrected chi connectivity index (χ0v) is 9.28. The van der Waals surface area contributed by atoms with Crippen LogP contribution in [0.1, 0.15) is 18.4 Å². The number of halogens is 1. The van der Waals surface area contributed by atoms with Gasteiger partial charge in [-0.2, -0.15) is 0 Å². The van der Waals surface area contributed by atoms with Crippen molar-refractivity contribution in [3.05, 3.63) is 28.2 Å². The van der Waals surface area contributed by atoms with Crippen molar-refractivity contribution in [1.82, 2.24) is 0 Å². The fourth-order valence-corrected chi connectivity index (χ4v) is 1.98. The number of rotatable bonds is 1. The molecule has 1 atom stereocenters. The highest BCUT2D eigenvalue weighted by atomic mass is 79.9. The van der Waals surface area contributed by atoms with Gasteiger partial charge in [0.15, 0.2) is 0 Å². The molecule has 0 spiro atoms. The predicted molar refractivity (Wildman–Crippen MR) is 57.3 cm³/mol. The summed E-state index contributed by atoms with van der Waals surface area (Å²) in [4.78, 5) is 0. The molecule has 0 saturated carbocycles. The molecule has 0 bridgehead atoms. The summed E-state index contributed by atoms with van der Waals surface area (Å²) in [5.74, 6) is 0.952. The van der Waals surface area contributed by atoms with Gasteiger partial charge in [-0.15, -0.1) is 0 Å². The van der Waals surface area contributed by atoms with Gasteiger partial charge in [-0.25, -0.2) is 0 Å². The number of fused-ring (bicyclic) bond motifs is 1. The molecule has 4 heteroatoms. The second kappa shape index (κ2) is 3.61. The van der Waals surface area contributed by atoms with Crippen LogP contribution in [0.2, 0.25) is 0 Å². The molecule has 0 amide bonds. The third-order valence-corrected chi connectivity index (χ3v) is 2.91. The largest absolute Gasteiger partial charge is 0.492 e. The van der Waals surface area contributed by atoms with Gasteiger partial charge in [0.05, 0.1) is 11.6 Å². The summed E-state index contributed by atoms with van der Waals surface area (Å²) < 4.78 is 6.49. The van der Waals surface area contributed by atoms with Gasteiger partial charge in [-0.3, -0.25) is 0 Å². The molecule has 1 aromatic carbocycles. The summed E-state index contributed by atoms with van der Waals surface area (Å²) in [6, 6.07) is 5.86. The minimum atomic E-state index is 0.0764. The van der Waals surface area contributed by atoms with Crippen LogP contribution in [-0.4, -0.2) is 17.5 Å². The Morgan fingerprint density at radius 3 is 3.14 bits per heavy atom. The molecule has 1 aliphatic heterocycles. The topological polar surface area (TPSA) is 41.8 Å². The fourth-order valence-electron chi connectivity index (χ4n) is 1.60. The van der Waals surface area contributed by atoms with Crippen molar-refractivity contribution in [2.75, 3.05) is 6.61 Å². The Labute approximate surface area is 90.5 Å². The maximum absolute atomic E-state index is 8.71. The molecular formula is C10H10BrNO2. The monoisotopic (exact) mass is 255 g/mol. The maximum Gasteiger partial charge on any atom is 0.123 e. The molecule has 0 unspecified atom stereocenters. The molecule has 0 aromatic heterocycles. The van der Waals surface area contributed by atoms with Crippen LogP contribution in [0.4, 0.5) is 0 Å². The molecule has 1 heterocycles. The highest BCUT2D eigenvalue weighted by molar-refractivity contribution is 9.10. The van der Waals surface area contributed by atoms with Crippen molar-refractivity contribution in [3.63, 3.8) is 0 Å². The second-order valence-corrected chi connectivity index (χ2v) is 4.20. The molecule has 0 radical (unpaired) electrons. The maximum atomic E-state index is 8.71. The van der Waals surface area contributed by atoms with E-state index in [4.69, 9.17) is 9.94 Å². The molecule has 3 nitrogen and oxygen atoms in total. The summed E-state index contributed by atoms with van der Waals surface area (Å²) in [7, 11) is 0. The number of ether oxygens (including phenoxy) is 1. The van der Waals surface area contributed by atoms with Gasteiger partial charge in [0, 0.05) is 10.0 Å². The molecule has 1 aromatic rings. The van der Waals surface area contributed by atoms with E-state index in [2.05, 4.69) is 21.1 Å². The Morgan fingerprint density at radius 2 is 2.43 bits per heavy atom. The van der Waals surface area contributed by atoms with E-state index in [0.29, 0.717) is 12.3 Å². The van der Waals surface area contributed by atoms with Crippen molar-refractivity contribution < 1.29 is 9.94 Å². The van der Waals surface area contributed by atoms with Crippen LogP contribution in [0.15, 0.2) is 27.8 Å². The Bertz CT molecular complexity index is 390. The lowest BCUT2D eigenvalue weighted by Gasteiger charge is -2.05. The molecule has 74 valence electrons. The van der Waals surface area contributed by atoms with Crippen LogP contribution >= 0.6 is 15.9 Å². The third kappa shape index (κ3) is 1.50. The van der Waals surface area contributed by atoms with E-state index in [9.17, 15) is 0 Å². The lowest BCUT2D eigenvalue weighted by molar-refractivity contribution is 0.310. The number of benzene rings is 1. The molecular weight excluding hydrogens is 246 g/mol. The summed E-state index contributed by atoms with van der Waals surface area (Å²) in [5, 5.41) is 11.9. The van der Waals surface area contributed by atoms with Crippen molar-refractivity contribution >= 4 is 21.6 Å². The van der Waals surface area contributed by atoms with Crippen LogP contribution in [0.5, 0.6) is 5.75 Å². The average molecular weight is 256 g/mol. The highest BCUT2D eigenvalue weighted by Crippen LogP contribution is 2.36. The SMILES string of the molecule is C/C(=N/O)[C@@H]1COc2ccc(Br)cc21. The standard InChI is InChI=1S/C10H10BrNO2/c1-6(12-13)9-5-14-10-3-2-7(11)4-8(9)10/h2-4,9,13H,5H2,1H3/b12-6-/t9-/m0/s1. The summed E-state index contributed by atoms with van der Waals surface area (Å²) >= 11 is 3.41. The first-order chi connectivity index (χ1) is 6.72. The van der Waals surface area contributed by atoms with Crippen LogP contribution in [0, 0.1) is 0 Å². The van der Waals surface area contributed by atoms with Gasteiger partial charge in [0.1, 0.15) is 12.4 Å². The minimum Gasteiger partial charge on any atom is -0.492 e. The lowest BCUT2D eigenvalue weighted by Crippen LogP contribution is -2.10. The minimum absolute atomic E-state index is 0.0764. The van der Waals surface area contributed by atoms with E-state index >= 15 is 0 Å². The first-order valence-corrected chi connectivity index (χ1v) is 5.12. The number of oxime groups is 1. The van der Waals surface area contributed by atoms with Gasteiger partial charge in [0.2, 0.25) is 0 Å². The molecule has 1 N–H and O–H groups in total. The third-order valence-electron chi connectivity index (χ3n) is 2.41. The molecule has 0 aliphatic carbocycles. The predicted octanol–water partition coefficient (Wildman–Crippen LogP) is 2.78. The van der Waals surface area contributed by atoms with Crippen molar-refractivity contribution in [2.45, 2.75) is 12.8 Å². The van der Waals surface area contributed by atoms with Gasteiger partial charge in [0.25, 0.3) is 0 Å². The van der Waals surface area contributed by atoms with Crippen molar-refractivity contribution in [1.29, 1.82) is 0 Å². The van der Waals surface area contributed by atoms with Gasteiger partial charge in [-0.1, -0.05) is 21.1 Å². The van der Waals surface area contributed by atoms with Crippen LogP contribution < -0.4 is 4.74 Å². The Balaban J connectivity index is 2.43. The van der Waals surface area contributed by atoms with Gasteiger partial charge in [-0.05, 0) is 25.1 Å². The molecule has 0 saturated heterocycles. The summed E-state index contributed by atoms with van der Waals surface area (Å²) in [5.41, 5.74) is 1.76. The zero-order valence-electron chi connectivity index (χ0n) is 7.70. The fraction of sp³-hybridized carbons (Fsp3) is 0.300. The van der Waals surface area contributed by atoms with Gasteiger partial charge >= 0.3 is 0 Å². The number of hydrogen-bond donors (Lipinski definition) is 1. The average Bonchev–Trinajstić information content (AvgIpc) is 2.59. The van der Waals surface area contributed by atoms with E-state index in [-0.39, 0.29) is 5.92 Å². The molecule has 0 fully saturated rings. The van der Waals surface area contributed by atoms with Crippen LogP contribution in [-0.2, 0) is 0 Å². The van der Waals surface area contributed by atoms with E-state index in [1.165, 1.54) is 0 Å². The van der Waals surface area contributed by atoms with E-state index in [1.54, 1.807) is 6.92 Å². The highest BCUT2D eigenvalue weighted by Gasteiger charge is 2.26. The summed E-state index contributed by atoms with van der Waals surface area (Å²) in [6.45, 7) is 2.35. The quantitative estimate of drug-likeness (QED) is 0.477. The first kappa shape index (κ1) is 9.52. The van der Waals surface area contributed by atoms with Crippen molar-refractivity contribution in [3.8, 4) is 5.75 Å². The first-order valence-electron chi connectivity index (χ1n) is 4.33. The smallest absolute Gasteiger partial charge is 0.123 e. The molecule has 2 rings (SSSR count). The summed E-state index contributed by atoms with van der Waals surface area (Å²) in [6.07, 6.45) is 0. The number of hydrogen-bond acceptors (Lipinski definition) is 3. The van der Waals surface area contributed by atoms with Gasteiger partial charge < -0.3 is 9.94 Å². The molecule has 1 aliphatic rings. The second-order valence-electron chi connectivity index (χ2n) is 3.29. The normalized spacial score (nSPS) is 20.4. The van der Waals surface area contributed by atoms with Crippen LogP contribution in [0.25, 0.3) is 0 Å². The Kier molecular flexibility index (Phi) is 2.46. The Morgan fingerprint density at radius 1 is 1.64 bits per heavy atom. The molecule has 14 heavy (non-hydrogen) atoms. The Hall–Kier alpha value is -1.03. The number of nitrogens with zero attached hydrogens (tertiary/aromatic N) is 1. The van der Waals surface area contributed by atoms with Crippen LogP contribution in [0.3, 0.4) is 0 Å². The van der Waals surface area contributed by atoms with E-state index < -0.39 is 0 Å². The lowest BCUT2D eigenvalue weighted by atomic mass is 9.97. The van der Waals surface area contributed by atoms with E-state index in [1.807, 2.05) is 18.2 Å². The van der Waals surface area contributed by atoms with E-state index in [0.717, 1.165) is 15.8 Å². The zero-order chi connectivity index (χ0) is 10.1. The van der Waals surface area contributed by atoms with Crippen molar-refractivity contribution in [2.24, 2.45) is 5.16 Å².